The largest absolute Gasteiger partial charge is 0.336 e. The molecule has 120 valence electrons. The van der Waals surface area contributed by atoms with Crippen molar-refractivity contribution in [1.82, 2.24) is 4.90 Å². The van der Waals surface area contributed by atoms with Crippen LogP contribution in [0, 0.1) is 5.92 Å². The number of aryl methyl sites for hydroxylation is 1. The van der Waals surface area contributed by atoms with E-state index in [1.165, 1.54) is 6.42 Å². The van der Waals surface area contributed by atoms with Gasteiger partial charge in [0.2, 0.25) is 11.8 Å². The van der Waals surface area contributed by atoms with E-state index in [0.717, 1.165) is 43.4 Å². The summed E-state index contributed by atoms with van der Waals surface area (Å²) < 4.78 is 0. The summed E-state index contributed by atoms with van der Waals surface area (Å²) in [6, 6.07) is 7.78. The van der Waals surface area contributed by atoms with Gasteiger partial charge in [0.1, 0.15) is 0 Å². The highest BCUT2D eigenvalue weighted by Crippen LogP contribution is 2.25. The predicted molar refractivity (Wildman–Crippen MR) is 88.7 cm³/mol. The molecule has 0 aromatic heterocycles. The molecule has 0 bridgehead atoms. The van der Waals surface area contributed by atoms with Gasteiger partial charge < -0.3 is 10.2 Å². The van der Waals surface area contributed by atoms with Gasteiger partial charge in [0, 0.05) is 18.7 Å². The first-order chi connectivity index (χ1) is 10.6. The van der Waals surface area contributed by atoms with Crippen LogP contribution in [0.3, 0.4) is 0 Å². The second kappa shape index (κ2) is 7.97. The second-order valence-electron chi connectivity index (χ2n) is 6.09. The van der Waals surface area contributed by atoms with E-state index < -0.39 is 0 Å². The first-order valence-electron chi connectivity index (χ1n) is 8.24. The topological polar surface area (TPSA) is 49.4 Å². The van der Waals surface area contributed by atoms with Gasteiger partial charge in [0.15, 0.2) is 0 Å². The number of nitrogens with one attached hydrogen (secondary N) is 1. The molecule has 1 aliphatic carbocycles. The Kier molecular flexibility index (Phi) is 5.99. The summed E-state index contributed by atoms with van der Waals surface area (Å²) in [6.07, 6.45) is 6.27. The lowest BCUT2D eigenvalue weighted by Crippen LogP contribution is -2.39. The standard InChI is InChI=1S/C18H26N2O2/c1-3-14-9-7-8-12-16(14)19-17(21)13-20(2)18(22)15-10-5-4-6-11-15/h7-9,12,15H,3-6,10-11,13H2,1-2H3,(H,19,21). The zero-order valence-corrected chi connectivity index (χ0v) is 13.6. The monoisotopic (exact) mass is 302 g/mol. The van der Waals surface area contributed by atoms with Crippen molar-refractivity contribution in [2.75, 3.05) is 18.9 Å². The summed E-state index contributed by atoms with van der Waals surface area (Å²) in [5.74, 6) is 0.0839. The molecule has 1 aromatic rings. The summed E-state index contributed by atoms with van der Waals surface area (Å²) in [5, 5.41) is 2.92. The van der Waals surface area contributed by atoms with Gasteiger partial charge in [-0.1, -0.05) is 44.4 Å². The normalized spacial score (nSPS) is 15.4. The summed E-state index contributed by atoms with van der Waals surface area (Å²) in [6.45, 7) is 2.18. The third-order valence-corrected chi connectivity index (χ3v) is 4.38. The molecule has 1 saturated carbocycles. The number of hydrogen-bond donors (Lipinski definition) is 1. The lowest BCUT2D eigenvalue weighted by atomic mass is 9.88. The van der Waals surface area contributed by atoms with Gasteiger partial charge in [-0.2, -0.15) is 0 Å². The maximum atomic E-state index is 12.4. The molecule has 2 amide bonds. The Hall–Kier alpha value is -1.84. The van der Waals surface area contributed by atoms with Gasteiger partial charge in [0.05, 0.1) is 6.54 Å². The van der Waals surface area contributed by atoms with Gasteiger partial charge in [-0.3, -0.25) is 9.59 Å². The number of likely N-dealkylation sites (N-methyl/N-ethyl adjacent to an activating group) is 1. The van der Waals surface area contributed by atoms with Crippen LogP contribution in [0.4, 0.5) is 5.69 Å². The summed E-state index contributed by atoms with van der Waals surface area (Å²) in [5.41, 5.74) is 1.95. The van der Waals surface area contributed by atoms with Crippen molar-refractivity contribution in [2.45, 2.75) is 45.4 Å². The van der Waals surface area contributed by atoms with E-state index >= 15 is 0 Å². The van der Waals surface area contributed by atoms with Crippen LogP contribution in [0.25, 0.3) is 0 Å². The minimum absolute atomic E-state index is 0.106. The van der Waals surface area contributed by atoms with Crippen molar-refractivity contribution in [1.29, 1.82) is 0 Å². The van der Waals surface area contributed by atoms with Gasteiger partial charge in [-0.05, 0) is 30.9 Å². The zero-order valence-electron chi connectivity index (χ0n) is 13.6. The van der Waals surface area contributed by atoms with Gasteiger partial charge in [0.25, 0.3) is 0 Å². The molecule has 0 spiro atoms. The van der Waals surface area contributed by atoms with Crippen LogP contribution in [0.5, 0.6) is 0 Å². The number of hydrogen-bond acceptors (Lipinski definition) is 2. The molecule has 1 aliphatic rings. The van der Waals surface area contributed by atoms with E-state index in [9.17, 15) is 9.59 Å². The van der Waals surface area contributed by atoms with Crippen LogP contribution in [0.2, 0.25) is 0 Å². The van der Waals surface area contributed by atoms with Gasteiger partial charge >= 0.3 is 0 Å². The number of amides is 2. The number of rotatable bonds is 5. The highest BCUT2D eigenvalue weighted by molar-refractivity contribution is 5.95. The Balaban J connectivity index is 1.89. The Morgan fingerprint density at radius 2 is 1.86 bits per heavy atom. The van der Waals surface area contributed by atoms with Crippen LogP contribution in [-0.4, -0.2) is 30.3 Å². The van der Waals surface area contributed by atoms with E-state index in [1.54, 1.807) is 11.9 Å². The Bertz CT molecular complexity index is 522. The molecule has 22 heavy (non-hydrogen) atoms. The maximum absolute atomic E-state index is 12.4. The van der Waals surface area contributed by atoms with Crippen LogP contribution < -0.4 is 5.32 Å². The first-order valence-corrected chi connectivity index (χ1v) is 8.24. The van der Waals surface area contributed by atoms with Crippen molar-refractivity contribution in [3.8, 4) is 0 Å². The fourth-order valence-corrected chi connectivity index (χ4v) is 3.09. The van der Waals surface area contributed by atoms with Crippen molar-refractivity contribution in [2.24, 2.45) is 5.92 Å². The maximum Gasteiger partial charge on any atom is 0.243 e. The number of benzene rings is 1. The quantitative estimate of drug-likeness (QED) is 0.908. The number of para-hydroxylation sites is 1. The summed E-state index contributed by atoms with van der Waals surface area (Å²) in [4.78, 5) is 26.1. The molecule has 4 heteroatoms. The van der Waals surface area contributed by atoms with Gasteiger partial charge in [-0.15, -0.1) is 0 Å². The number of carbonyl (C=O) groups is 2. The van der Waals surface area contributed by atoms with Crippen LogP contribution in [0.15, 0.2) is 24.3 Å². The molecule has 1 N–H and O–H groups in total. The predicted octanol–water partition coefficient (Wildman–Crippen LogP) is 3.23. The smallest absolute Gasteiger partial charge is 0.243 e. The molecular weight excluding hydrogens is 276 g/mol. The molecule has 4 nitrogen and oxygen atoms in total. The number of carbonyl (C=O) groups excluding carboxylic acids is 2. The Morgan fingerprint density at radius 1 is 1.18 bits per heavy atom. The lowest BCUT2D eigenvalue weighted by molar-refractivity contribution is -0.137. The van der Waals surface area contributed by atoms with Crippen LogP contribution in [-0.2, 0) is 16.0 Å². The minimum Gasteiger partial charge on any atom is -0.336 e. The van der Waals surface area contributed by atoms with E-state index in [-0.39, 0.29) is 24.3 Å². The molecule has 0 unspecified atom stereocenters. The van der Waals surface area contributed by atoms with Crippen molar-refractivity contribution in [3.05, 3.63) is 29.8 Å². The van der Waals surface area contributed by atoms with Crippen molar-refractivity contribution in [3.63, 3.8) is 0 Å². The first kappa shape index (κ1) is 16.5. The highest BCUT2D eigenvalue weighted by atomic mass is 16.2. The van der Waals surface area contributed by atoms with Crippen molar-refractivity contribution >= 4 is 17.5 Å². The van der Waals surface area contributed by atoms with E-state index in [2.05, 4.69) is 12.2 Å². The molecule has 0 heterocycles. The molecule has 1 aromatic carbocycles. The fourth-order valence-electron chi connectivity index (χ4n) is 3.09. The minimum atomic E-state index is -0.132. The SMILES string of the molecule is CCc1ccccc1NC(=O)CN(C)C(=O)C1CCCCC1. The second-order valence-corrected chi connectivity index (χ2v) is 6.09. The Labute approximate surface area is 132 Å². The summed E-state index contributed by atoms with van der Waals surface area (Å²) >= 11 is 0. The highest BCUT2D eigenvalue weighted by Gasteiger charge is 2.25. The molecule has 1 fully saturated rings. The van der Waals surface area contributed by atoms with Gasteiger partial charge in [-0.25, -0.2) is 0 Å². The molecule has 2 rings (SSSR count). The Morgan fingerprint density at radius 3 is 2.55 bits per heavy atom. The molecular formula is C18H26N2O2. The third kappa shape index (κ3) is 4.33. The van der Waals surface area contributed by atoms with E-state index in [1.807, 2.05) is 24.3 Å². The summed E-state index contributed by atoms with van der Waals surface area (Å²) in [7, 11) is 1.72. The van der Waals surface area contributed by atoms with Crippen LogP contribution >= 0.6 is 0 Å². The molecule has 0 atom stereocenters. The average Bonchev–Trinajstić information content (AvgIpc) is 2.55. The fraction of sp³-hybridized carbons (Fsp3) is 0.556. The molecule has 0 aliphatic heterocycles. The third-order valence-electron chi connectivity index (χ3n) is 4.38. The van der Waals surface area contributed by atoms with Crippen LogP contribution in [0.1, 0.15) is 44.6 Å². The molecule has 0 saturated heterocycles. The molecule has 0 radical (unpaired) electrons. The van der Waals surface area contributed by atoms with Crippen molar-refractivity contribution < 1.29 is 9.59 Å². The average molecular weight is 302 g/mol. The zero-order chi connectivity index (χ0) is 15.9. The lowest BCUT2D eigenvalue weighted by Gasteiger charge is -2.26. The number of nitrogens with zero attached hydrogens (tertiary/aromatic N) is 1. The number of anilines is 1. The van der Waals surface area contributed by atoms with E-state index in [4.69, 9.17) is 0 Å². The van der Waals surface area contributed by atoms with E-state index in [0.29, 0.717) is 0 Å².